The Hall–Kier alpha value is -4.56. The average Bonchev–Trinajstić information content (AvgIpc) is 3.31. The molecule has 4 amide bonds. The van der Waals surface area contributed by atoms with Gasteiger partial charge in [-0.25, -0.2) is 4.90 Å². The van der Waals surface area contributed by atoms with Gasteiger partial charge < -0.3 is 10.0 Å². The number of imide groups is 2. The van der Waals surface area contributed by atoms with Gasteiger partial charge in [0.05, 0.1) is 27.4 Å². The van der Waals surface area contributed by atoms with Crippen LogP contribution in [-0.4, -0.2) is 74.4 Å². The van der Waals surface area contributed by atoms with Crippen LogP contribution in [0.15, 0.2) is 48.0 Å². The quantitative estimate of drug-likeness (QED) is 0.164. The molecule has 6 unspecified atom stereocenters. The van der Waals surface area contributed by atoms with Crippen LogP contribution in [0.5, 0.6) is 5.75 Å². The predicted octanol–water partition coefficient (Wildman–Crippen LogP) is 3.47. The molecule has 2 aliphatic heterocycles. The molecule has 2 heterocycles. The van der Waals surface area contributed by atoms with Gasteiger partial charge in [0.2, 0.25) is 11.8 Å². The third-order valence-electron chi connectivity index (χ3n) is 9.39. The van der Waals surface area contributed by atoms with Crippen LogP contribution < -0.4 is 9.80 Å². The fourth-order valence-corrected chi connectivity index (χ4v) is 8.51. The molecule has 6 atom stereocenters. The highest BCUT2D eigenvalue weighted by Gasteiger charge is 2.75. The summed E-state index contributed by atoms with van der Waals surface area (Å²) in [7, 11) is 4.04. The Kier molecular flexibility index (Phi) is 6.75. The zero-order valence-electron chi connectivity index (χ0n) is 24.0. The first-order valence-electron chi connectivity index (χ1n) is 13.8. The molecule has 6 rings (SSSR count). The Morgan fingerprint density at radius 2 is 1.51 bits per heavy atom. The van der Waals surface area contributed by atoms with E-state index in [9.17, 15) is 44.5 Å². The minimum atomic E-state index is -2.02. The van der Waals surface area contributed by atoms with Gasteiger partial charge in [0, 0.05) is 39.2 Å². The highest BCUT2D eigenvalue weighted by atomic mass is 35.5. The summed E-state index contributed by atoms with van der Waals surface area (Å²) in [6.45, 7) is 0. The van der Waals surface area contributed by atoms with Crippen molar-refractivity contribution in [2.24, 2.45) is 17.8 Å². The number of anilines is 2. The van der Waals surface area contributed by atoms with Gasteiger partial charge in [-0.15, -0.1) is 23.2 Å². The molecule has 0 bridgehead atoms. The molecule has 0 aromatic heterocycles. The summed E-state index contributed by atoms with van der Waals surface area (Å²) in [6.07, 6.45) is 1.45. The molecule has 234 valence electrons. The minimum absolute atomic E-state index is 0.0202. The van der Waals surface area contributed by atoms with E-state index >= 15 is 0 Å². The Morgan fingerprint density at radius 1 is 0.933 bits per heavy atom. The number of benzene rings is 2. The molecule has 0 spiro atoms. The van der Waals surface area contributed by atoms with E-state index in [-0.39, 0.29) is 30.0 Å². The van der Waals surface area contributed by atoms with Crippen LogP contribution in [0.4, 0.5) is 22.7 Å². The van der Waals surface area contributed by atoms with Crippen molar-refractivity contribution in [1.82, 2.24) is 4.90 Å². The number of alkyl halides is 2. The van der Waals surface area contributed by atoms with Crippen molar-refractivity contribution in [2.45, 2.75) is 28.5 Å². The fourth-order valence-electron chi connectivity index (χ4n) is 7.49. The number of carbonyl (C=O) groups excluding carboxylic acids is 4. The number of nitrogens with zero attached hydrogens (tertiary/aromatic N) is 5. The number of aromatic hydroxyl groups is 1. The number of nitro benzene ring substituents is 2. The van der Waals surface area contributed by atoms with Crippen LogP contribution in [0, 0.1) is 38.0 Å². The first-order valence-corrected chi connectivity index (χ1v) is 14.5. The van der Waals surface area contributed by atoms with Crippen LogP contribution >= 0.6 is 23.2 Å². The molecule has 14 nitrogen and oxygen atoms in total. The third kappa shape index (κ3) is 3.94. The number of allylic oxidation sites excluding steroid dienone is 2. The molecule has 3 fully saturated rings. The standard InChI is InChI=1S/C29H25Cl2N5O9/c1-32(2)23-19(35(42)43)10-14(11-20(23)36(44)45)34-24(38)17-9-8-16-18(21(17)25(34)39)12-28(30)26(40)33(3)27(41)29(28,31)22(16)13-4-6-15(37)7-5-13/h4-8,10-11,17-18,21-22,37H,9,12H2,1-3H3. The lowest BCUT2D eigenvalue weighted by atomic mass is 9.56. The van der Waals surface area contributed by atoms with Crippen molar-refractivity contribution in [1.29, 1.82) is 0 Å². The Balaban J connectivity index is 1.50. The van der Waals surface area contributed by atoms with E-state index in [2.05, 4.69) is 0 Å². The molecule has 1 N–H and O–H groups in total. The molecule has 2 aromatic carbocycles. The summed E-state index contributed by atoms with van der Waals surface area (Å²) in [4.78, 5) is 76.2. The number of rotatable bonds is 5. The summed E-state index contributed by atoms with van der Waals surface area (Å²) in [5.74, 6) is -7.07. The number of amides is 4. The molecular weight excluding hydrogens is 633 g/mol. The third-order valence-corrected chi connectivity index (χ3v) is 10.8. The topological polar surface area (TPSA) is 185 Å². The first kappa shape index (κ1) is 30.5. The van der Waals surface area contributed by atoms with Crippen LogP contribution in [0.25, 0.3) is 0 Å². The van der Waals surface area contributed by atoms with Gasteiger partial charge in [-0.2, -0.15) is 0 Å². The highest BCUT2D eigenvalue weighted by Crippen LogP contribution is 2.65. The van der Waals surface area contributed by atoms with E-state index in [1.54, 1.807) is 6.08 Å². The van der Waals surface area contributed by atoms with Crippen molar-refractivity contribution in [3.63, 3.8) is 0 Å². The maximum atomic E-state index is 14.2. The smallest absolute Gasteiger partial charge is 0.301 e. The number of hydrogen-bond donors (Lipinski definition) is 1. The van der Waals surface area contributed by atoms with Crippen LogP contribution in [-0.2, 0) is 19.2 Å². The summed E-state index contributed by atoms with van der Waals surface area (Å²) >= 11 is 14.2. The molecule has 2 saturated heterocycles. The number of carbonyl (C=O) groups is 4. The van der Waals surface area contributed by atoms with Gasteiger partial charge in [0.25, 0.3) is 11.8 Å². The first-order chi connectivity index (χ1) is 21.1. The maximum absolute atomic E-state index is 14.2. The number of hydrogen-bond acceptors (Lipinski definition) is 10. The van der Waals surface area contributed by atoms with E-state index in [1.807, 2.05) is 0 Å². The molecular formula is C29H25Cl2N5O9. The second kappa shape index (κ2) is 9.97. The molecule has 0 radical (unpaired) electrons. The second-order valence-corrected chi connectivity index (χ2v) is 13.1. The monoisotopic (exact) mass is 657 g/mol. The number of fused-ring (bicyclic) bond motifs is 4. The molecule has 2 aliphatic carbocycles. The summed E-state index contributed by atoms with van der Waals surface area (Å²) in [6, 6.07) is 7.73. The number of nitro groups is 2. The Labute approximate surface area is 265 Å². The summed E-state index contributed by atoms with van der Waals surface area (Å²) in [5, 5.41) is 33.9. The van der Waals surface area contributed by atoms with Gasteiger partial charge in [0.15, 0.2) is 15.4 Å². The van der Waals surface area contributed by atoms with Crippen molar-refractivity contribution < 1.29 is 34.1 Å². The average molecular weight is 658 g/mol. The van der Waals surface area contributed by atoms with Gasteiger partial charge in [0.1, 0.15) is 5.75 Å². The highest BCUT2D eigenvalue weighted by molar-refractivity contribution is 6.53. The minimum Gasteiger partial charge on any atom is -0.508 e. The predicted molar refractivity (Wildman–Crippen MR) is 160 cm³/mol. The second-order valence-electron chi connectivity index (χ2n) is 11.8. The van der Waals surface area contributed by atoms with Gasteiger partial charge in [-0.3, -0.25) is 44.3 Å². The van der Waals surface area contributed by atoms with Gasteiger partial charge in [-0.05, 0) is 36.5 Å². The van der Waals surface area contributed by atoms with E-state index in [0.29, 0.717) is 11.1 Å². The van der Waals surface area contributed by atoms with E-state index in [4.69, 9.17) is 23.2 Å². The Morgan fingerprint density at radius 3 is 2.04 bits per heavy atom. The zero-order chi connectivity index (χ0) is 32.9. The van der Waals surface area contributed by atoms with Crippen molar-refractivity contribution in [3.05, 3.63) is 73.8 Å². The summed E-state index contributed by atoms with van der Waals surface area (Å²) < 4.78 is 0. The van der Waals surface area contributed by atoms with Crippen LogP contribution in [0.1, 0.15) is 24.3 Å². The van der Waals surface area contributed by atoms with E-state index < -0.39 is 78.3 Å². The number of halogens is 2. The molecule has 1 saturated carbocycles. The number of likely N-dealkylation sites (tertiary alicyclic amines) is 1. The lowest BCUT2D eigenvalue weighted by Crippen LogP contribution is -2.60. The van der Waals surface area contributed by atoms with Crippen molar-refractivity contribution in [3.8, 4) is 5.75 Å². The van der Waals surface area contributed by atoms with Gasteiger partial charge in [-0.1, -0.05) is 23.8 Å². The largest absolute Gasteiger partial charge is 0.508 e. The van der Waals surface area contributed by atoms with E-state index in [1.165, 1.54) is 50.3 Å². The molecule has 45 heavy (non-hydrogen) atoms. The normalized spacial score (nSPS) is 30.6. The van der Waals surface area contributed by atoms with Crippen LogP contribution in [0.2, 0.25) is 0 Å². The lowest BCUT2D eigenvalue weighted by molar-refractivity contribution is -0.392. The number of phenolic OH excluding ortho intramolecular Hbond substituents is 1. The summed E-state index contributed by atoms with van der Waals surface area (Å²) in [5.41, 5.74) is -1.05. The van der Waals surface area contributed by atoms with Crippen molar-refractivity contribution >= 4 is 69.6 Å². The molecule has 4 aliphatic rings. The number of phenols is 1. The zero-order valence-corrected chi connectivity index (χ0v) is 25.5. The van der Waals surface area contributed by atoms with Gasteiger partial charge >= 0.3 is 11.4 Å². The lowest BCUT2D eigenvalue weighted by Gasteiger charge is -2.50. The molecule has 16 heteroatoms. The Bertz CT molecular complexity index is 1740. The maximum Gasteiger partial charge on any atom is 0.301 e. The molecule has 2 aromatic rings. The SMILES string of the molecule is CN1C(=O)C2(Cl)CC3C(=CCC4C(=O)N(c5cc([N+](=O)[O-])c(N(C)C)c([N+](=O)[O-])c5)C(=O)C43)C(c3ccc(O)cc3)C2(Cl)C1=O. The fraction of sp³-hybridized carbons (Fsp3) is 0.379. The van der Waals surface area contributed by atoms with Crippen molar-refractivity contribution in [2.75, 3.05) is 30.9 Å². The van der Waals surface area contributed by atoms with E-state index in [0.717, 1.165) is 21.9 Å². The van der Waals surface area contributed by atoms with Crippen LogP contribution in [0.3, 0.4) is 0 Å².